The van der Waals surface area contributed by atoms with Gasteiger partial charge in [-0.15, -0.1) is 0 Å². The van der Waals surface area contributed by atoms with E-state index in [0.29, 0.717) is 0 Å². The van der Waals surface area contributed by atoms with E-state index in [9.17, 15) is 0 Å². The highest BCUT2D eigenvalue weighted by molar-refractivity contribution is 7.33. The maximum Gasteiger partial charge on any atom is 0.459 e. The highest BCUT2D eigenvalue weighted by Crippen LogP contribution is 2.27. The summed E-state index contributed by atoms with van der Waals surface area (Å²) in [5.74, 6) is 0. The summed E-state index contributed by atoms with van der Waals surface area (Å²) in [5, 5.41) is 0. The SMILES string of the molecule is CC(C)(C)O[Si](OC(C)(C)C)(OC(C)(C)C)[SiH2][SiH3]. The van der Waals surface area contributed by atoms with Gasteiger partial charge in [-0.1, -0.05) is 0 Å². The summed E-state index contributed by atoms with van der Waals surface area (Å²) in [7, 11) is -1.73. The Balaban J connectivity index is 5.20. The van der Waals surface area contributed by atoms with Crippen molar-refractivity contribution >= 4 is 26.6 Å². The first-order valence-corrected chi connectivity index (χ1v) is 16.5. The minimum Gasteiger partial charge on any atom is -0.372 e. The summed E-state index contributed by atoms with van der Waals surface area (Å²) in [6.07, 6.45) is 0. The summed E-state index contributed by atoms with van der Waals surface area (Å²) in [6, 6.07) is 0. The zero-order valence-electron chi connectivity index (χ0n) is 13.9. The first-order valence-electron chi connectivity index (χ1n) is 6.79. The molecule has 0 spiro atoms. The molecule has 0 rings (SSSR count). The van der Waals surface area contributed by atoms with Crippen molar-refractivity contribution in [3.63, 3.8) is 0 Å². The Labute approximate surface area is 119 Å². The molecule has 0 aliphatic heterocycles. The predicted octanol–water partition coefficient (Wildman–Crippen LogP) is 1.32. The minimum atomic E-state index is -2.48. The van der Waals surface area contributed by atoms with Gasteiger partial charge in [0, 0.05) is 0 Å². The highest BCUT2D eigenvalue weighted by atomic mass is 29.6. The van der Waals surface area contributed by atoms with Crippen LogP contribution in [-0.2, 0) is 13.3 Å². The van der Waals surface area contributed by atoms with Crippen molar-refractivity contribution in [3.8, 4) is 0 Å². The van der Waals surface area contributed by atoms with Crippen LogP contribution >= 0.6 is 0 Å². The standard InChI is InChI=1S/C12H32O3Si3/c1-10(2,3)13-18(17-16,14-11(4,5)6)15-12(7,8)9/h17H2,1-9,16H3. The molecule has 0 bridgehead atoms. The fourth-order valence-corrected chi connectivity index (χ4v) is 14.1. The van der Waals surface area contributed by atoms with Crippen LogP contribution in [0, 0.1) is 0 Å². The van der Waals surface area contributed by atoms with Crippen molar-refractivity contribution in [2.45, 2.75) is 79.1 Å². The van der Waals surface area contributed by atoms with E-state index in [1.807, 2.05) is 0 Å². The van der Waals surface area contributed by atoms with Crippen LogP contribution in [0.2, 0.25) is 0 Å². The van der Waals surface area contributed by atoms with Crippen LogP contribution in [0.25, 0.3) is 0 Å². The Morgan fingerprint density at radius 1 is 0.667 bits per heavy atom. The molecule has 0 radical (unpaired) electrons. The van der Waals surface area contributed by atoms with Crippen LogP contribution < -0.4 is 0 Å². The van der Waals surface area contributed by atoms with Gasteiger partial charge in [-0.3, -0.25) is 0 Å². The van der Waals surface area contributed by atoms with Gasteiger partial charge in [0.05, 0.1) is 16.8 Å². The lowest BCUT2D eigenvalue weighted by atomic mass is 10.2. The van der Waals surface area contributed by atoms with E-state index in [2.05, 4.69) is 62.3 Å². The summed E-state index contributed by atoms with van der Waals surface area (Å²) < 4.78 is 19.0. The van der Waals surface area contributed by atoms with E-state index in [1.54, 1.807) is 0 Å². The Hall–Kier alpha value is 0.531. The minimum absolute atomic E-state index is 0.208. The van der Waals surface area contributed by atoms with E-state index in [-0.39, 0.29) is 16.8 Å². The zero-order valence-corrected chi connectivity index (χ0v) is 18.3. The third-order valence-electron chi connectivity index (χ3n) is 1.82. The van der Waals surface area contributed by atoms with Crippen LogP contribution in [0.5, 0.6) is 0 Å². The molecule has 0 atom stereocenters. The van der Waals surface area contributed by atoms with Gasteiger partial charge in [-0.2, -0.15) is 0 Å². The van der Waals surface area contributed by atoms with Crippen LogP contribution in [0.1, 0.15) is 62.3 Å². The van der Waals surface area contributed by atoms with Gasteiger partial charge in [0.25, 0.3) is 0 Å². The van der Waals surface area contributed by atoms with Gasteiger partial charge in [0.2, 0.25) is 0 Å². The number of rotatable bonds is 4. The maximum absolute atomic E-state index is 6.32. The fraction of sp³-hybridized carbons (Fsp3) is 1.00. The fourth-order valence-electron chi connectivity index (χ4n) is 1.68. The third-order valence-corrected chi connectivity index (χ3v) is 17.1. The first kappa shape index (κ1) is 18.5. The molecular weight excluding hydrogens is 276 g/mol. The smallest absolute Gasteiger partial charge is 0.372 e. The largest absolute Gasteiger partial charge is 0.459 e. The average molecular weight is 309 g/mol. The van der Waals surface area contributed by atoms with Crippen molar-refractivity contribution in [3.05, 3.63) is 0 Å². The quantitative estimate of drug-likeness (QED) is 0.733. The van der Waals surface area contributed by atoms with Crippen molar-refractivity contribution < 1.29 is 13.3 Å². The Morgan fingerprint density at radius 2 is 0.889 bits per heavy atom. The monoisotopic (exact) mass is 308 g/mol. The molecule has 0 aliphatic carbocycles. The lowest BCUT2D eigenvalue weighted by Gasteiger charge is -2.43. The lowest BCUT2D eigenvalue weighted by molar-refractivity contribution is -0.0600. The van der Waals surface area contributed by atoms with E-state index in [0.717, 1.165) is 9.76 Å². The van der Waals surface area contributed by atoms with Crippen LogP contribution in [0.3, 0.4) is 0 Å². The summed E-state index contributed by atoms with van der Waals surface area (Å²) in [4.78, 5) is 0. The van der Waals surface area contributed by atoms with Gasteiger partial charge in [0.15, 0.2) is 0 Å². The van der Waals surface area contributed by atoms with Crippen molar-refractivity contribution in [1.82, 2.24) is 0 Å². The van der Waals surface area contributed by atoms with Gasteiger partial charge in [-0.05, 0) is 72.1 Å². The number of hydrogen-bond donors (Lipinski definition) is 0. The Bertz CT molecular complexity index is 220. The third kappa shape index (κ3) is 8.60. The Morgan fingerprint density at radius 3 is 1.00 bits per heavy atom. The molecule has 0 saturated heterocycles. The zero-order chi connectivity index (χ0) is 14.8. The number of hydrogen-bond acceptors (Lipinski definition) is 3. The molecule has 0 aromatic heterocycles. The van der Waals surface area contributed by atoms with Gasteiger partial charge >= 0.3 is 8.32 Å². The molecule has 0 N–H and O–H groups in total. The summed E-state index contributed by atoms with van der Waals surface area (Å²) >= 11 is 0. The van der Waals surface area contributed by atoms with Crippen LogP contribution in [0.15, 0.2) is 0 Å². The van der Waals surface area contributed by atoms with E-state index in [1.165, 1.54) is 0 Å². The molecule has 3 nitrogen and oxygen atoms in total. The molecular formula is C12H32O3Si3. The predicted molar refractivity (Wildman–Crippen MR) is 86.8 cm³/mol. The molecule has 110 valence electrons. The average Bonchev–Trinajstić information content (AvgIpc) is 1.93. The Kier molecular flexibility index (Phi) is 6.06. The molecule has 0 aromatic rings. The van der Waals surface area contributed by atoms with Crippen LogP contribution in [0.4, 0.5) is 0 Å². The highest BCUT2D eigenvalue weighted by Gasteiger charge is 2.47. The molecule has 0 heterocycles. The van der Waals surface area contributed by atoms with Gasteiger partial charge in [0.1, 0.15) is 8.55 Å². The normalized spacial score (nSPS) is 15.8. The van der Waals surface area contributed by atoms with E-state index >= 15 is 0 Å². The topological polar surface area (TPSA) is 27.7 Å². The van der Waals surface area contributed by atoms with Crippen LogP contribution in [-0.4, -0.2) is 43.4 Å². The second-order valence-corrected chi connectivity index (χ2v) is 21.4. The van der Waals surface area contributed by atoms with E-state index in [4.69, 9.17) is 13.3 Å². The molecule has 18 heavy (non-hydrogen) atoms. The molecule has 0 aromatic carbocycles. The molecule has 0 amide bonds. The maximum atomic E-state index is 6.32. The summed E-state index contributed by atoms with van der Waals surface area (Å²) in [6.45, 7) is 18.7. The van der Waals surface area contributed by atoms with Gasteiger partial charge < -0.3 is 13.3 Å². The second kappa shape index (κ2) is 5.89. The summed E-state index contributed by atoms with van der Waals surface area (Å²) in [5.41, 5.74) is -0.625. The first-order chi connectivity index (χ1) is 7.68. The van der Waals surface area contributed by atoms with Gasteiger partial charge in [-0.25, -0.2) is 0 Å². The molecule has 0 aliphatic rings. The van der Waals surface area contributed by atoms with Crippen molar-refractivity contribution in [2.75, 3.05) is 0 Å². The lowest BCUT2D eigenvalue weighted by Crippen LogP contribution is -2.61. The molecule has 0 unspecified atom stereocenters. The molecule has 0 saturated carbocycles. The molecule has 0 fully saturated rings. The second-order valence-electron chi connectivity index (χ2n) is 7.68. The van der Waals surface area contributed by atoms with E-state index < -0.39 is 16.9 Å². The van der Waals surface area contributed by atoms with Crippen molar-refractivity contribution in [1.29, 1.82) is 0 Å². The van der Waals surface area contributed by atoms with Crippen molar-refractivity contribution in [2.24, 2.45) is 0 Å². The molecule has 6 heteroatoms.